The molecule has 0 saturated heterocycles. The number of hydrogen-bond acceptors (Lipinski definition) is 3. The number of pyridine rings is 1. The Morgan fingerprint density at radius 3 is 2.48 bits per heavy atom. The van der Waals surface area contributed by atoms with Crippen molar-refractivity contribution < 1.29 is 14.7 Å². The number of aryl methyl sites for hydroxylation is 2. The molecule has 0 aliphatic heterocycles. The van der Waals surface area contributed by atoms with Crippen molar-refractivity contribution in [3.05, 3.63) is 53.3 Å². The van der Waals surface area contributed by atoms with Crippen LogP contribution in [-0.4, -0.2) is 22.1 Å². The number of rotatable bonds is 3. The van der Waals surface area contributed by atoms with E-state index in [9.17, 15) is 9.59 Å². The summed E-state index contributed by atoms with van der Waals surface area (Å²) in [4.78, 5) is 26.3. The zero-order valence-corrected chi connectivity index (χ0v) is 11.7. The highest BCUT2D eigenvalue weighted by Crippen LogP contribution is 2.16. The number of nitrogens with one attached hydrogen (secondary N) is 2. The van der Waals surface area contributed by atoms with Crippen molar-refractivity contribution in [2.75, 3.05) is 10.6 Å². The molecule has 0 unspecified atom stereocenters. The molecule has 1 aromatic heterocycles. The Morgan fingerprint density at radius 2 is 1.86 bits per heavy atom. The quantitative estimate of drug-likeness (QED) is 0.808. The Hall–Kier alpha value is -2.89. The van der Waals surface area contributed by atoms with Crippen LogP contribution in [0.4, 0.5) is 16.2 Å². The second kappa shape index (κ2) is 6.04. The van der Waals surface area contributed by atoms with Crippen LogP contribution in [0.15, 0.2) is 36.5 Å². The summed E-state index contributed by atoms with van der Waals surface area (Å²) in [5, 5.41) is 14.1. The standard InChI is InChI=1S/C15H15N3O3/c1-9-3-4-10(2)13(7-9)18-15(21)17-11-5-6-12(14(19)20)16-8-11/h3-8H,1-2H3,(H,19,20)(H2,17,18,21). The van der Waals surface area contributed by atoms with Gasteiger partial charge in [0, 0.05) is 5.69 Å². The first-order chi connectivity index (χ1) is 9.95. The van der Waals surface area contributed by atoms with Gasteiger partial charge >= 0.3 is 12.0 Å². The number of carboxylic acids is 1. The van der Waals surface area contributed by atoms with E-state index in [0.29, 0.717) is 5.69 Å². The number of amides is 2. The second-order valence-corrected chi connectivity index (χ2v) is 4.63. The Labute approximate surface area is 121 Å². The zero-order valence-electron chi connectivity index (χ0n) is 11.7. The fourth-order valence-electron chi connectivity index (χ4n) is 1.75. The van der Waals surface area contributed by atoms with E-state index in [1.165, 1.54) is 18.3 Å². The molecule has 0 radical (unpaired) electrons. The topological polar surface area (TPSA) is 91.3 Å². The molecule has 0 aliphatic rings. The molecule has 6 heteroatoms. The molecule has 3 N–H and O–H groups in total. The number of carbonyl (C=O) groups is 2. The molecule has 2 amide bonds. The smallest absolute Gasteiger partial charge is 0.354 e. The number of aromatic nitrogens is 1. The van der Waals surface area contributed by atoms with E-state index < -0.39 is 12.0 Å². The average molecular weight is 285 g/mol. The number of urea groups is 1. The highest BCUT2D eigenvalue weighted by atomic mass is 16.4. The first-order valence-corrected chi connectivity index (χ1v) is 6.30. The van der Waals surface area contributed by atoms with E-state index in [-0.39, 0.29) is 5.69 Å². The third-order valence-electron chi connectivity index (χ3n) is 2.88. The predicted molar refractivity (Wildman–Crippen MR) is 79.8 cm³/mol. The maximum atomic E-state index is 11.9. The second-order valence-electron chi connectivity index (χ2n) is 4.63. The minimum Gasteiger partial charge on any atom is -0.477 e. The number of aromatic carboxylic acids is 1. The van der Waals surface area contributed by atoms with Crippen LogP contribution in [0.5, 0.6) is 0 Å². The summed E-state index contributed by atoms with van der Waals surface area (Å²) in [6.45, 7) is 3.84. The molecule has 0 bridgehead atoms. The van der Waals surface area contributed by atoms with Crippen LogP contribution >= 0.6 is 0 Å². The molecule has 1 aromatic carbocycles. The zero-order chi connectivity index (χ0) is 15.4. The number of carboxylic acid groups (broad SMARTS) is 1. The number of carbonyl (C=O) groups excluding carboxylic acids is 1. The molecular formula is C15H15N3O3. The van der Waals surface area contributed by atoms with Crippen LogP contribution in [0.2, 0.25) is 0 Å². The largest absolute Gasteiger partial charge is 0.477 e. The van der Waals surface area contributed by atoms with Gasteiger partial charge in [0.05, 0.1) is 11.9 Å². The highest BCUT2D eigenvalue weighted by molar-refractivity contribution is 6.00. The van der Waals surface area contributed by atoms with Gasteiger partial charge in [-0.2, -0.15) is 0 Å². The molecule has 0 spiro atoms. The van der Waals surface area contributed by atoms with Crippen LogP contribution in [0.3, 0.4) is 0 Å². The van der Waals surface area contributed by atoms with E-state index in [1.54, 1.807) is 0 Å². The molecule has 6 nitrogen and oxygen atoms in total. The van der Waals surface area contributed by atoms with E-state index in [2.05, 4.69) is 15.6 Å². The SMILES string of the molecule is Cc1ccc(C)c(NC(=O)Nc2ccc(C(=O)O)nc2)c1. The number of hydrogen-bond donors (Lipinski definition) is 3. The lowest BCUT2D eigenvalue weighted by Crippen LogP contribution is -2.20. The van der Waals surface area contributed by atoms with Gasteiger partial charge in [0.15, 0.2) is 0 Å². The molecule has 21 heavy (non-hydrogen) atoms. The summed E-state index contributed by atoms with van der Waals surface area (Å²) >= 11 is 0. The van der Waals surface area contributed by atoms with Gasteiger partial charge in [0.25, 0.3) is 0 Å². The minimum absolute atomic E-state index is 0.0736. The average Bonchev–Trinajstić information content (AvgIpc) is 2.43. The lowest BCUT2D eigenvalue weighted by Gasteiger charge is -2.10. The van der Waals surface area contributed by atoms with E-state index in [4.69, 9.17) is 5.11 Å². The minimum atomic E-state index is -1.11. The molecule has 2 rings (SSSR count). The van der Waals surface area contributed by atoms with E-state index in [0.717, 1.165) is 16.8 Å². The van der Waals surface area contributed by atoms with Crippen molar-refractivity contribution in [1.82, 2.24) is 4.98 Å². The summed E-state index contributed by atoms with van der Waals surface area (Å²) in [5.41, 5.74) is 3.07. The summed E-state index contributed by atoms with van der Waals surface area (Å²) < 4.78 is 0. The highest BCUT2D eigenvalue weighted by Gasteiger charge is 2.07. The number of nitrogens with zero attached hydrogens (tertiary/aromatic N) is 1. The molecule has 108 valence electrons. The molecule has 0 atom stereocenters. The fourth-order valence-corrected chi connectivity index (χ4v) is 1.75. The summed E-state index contributed by atoms with van der Waals surface area (Å²) in [5.74, 6) is -1.11. The molecule has 2 aromatic rings. The van der Waals surface area contributed by atoms with E-state index >= 15 is 0 Å². The van der Waals surface area contributed by atoms with Crippen LogP contribution in [0, 0.1) is 13.8 Å². The molecule has 1 heterocycles. The van der Waals surface area contributed by atoms with Gasteiger partial charge in [-0.3, -0.25) is 0 Å². The van der Waals surface area contributed by atoms with Crippen LogP contribution < -0.4 is 10.6 Å². The van der Waals surface area contributed by atoms with Gasteiger partial charge < -0.3 is 15.7 Å². The predicted octanol–water partition coefficient (Wildman–Crippen LogP) is 3.04. The Bertz CT molecular complexity index is 681. The van der Waals surface area contributed by atoms with Gasteiger partial charge in [-0.05, 0) is 43.2 Å². The van der Waals surface area contributed by atoms with Crippen LogP contribution in [0.1, 0.15) is 21.6 Å². The Morgan fingerprint density at radius 1 is 1.10 bits per heavy atom. The van der Waals surface area contributed by atoms with Gasteiger partial charge in [0.2, 0.25) is 0 Å². The molecule has 0 aliphatic carbocycles. The lowest BCUT2D eigenvalue weighted by molar-refractivity contribution is 0.0690. The summed E-state index contributed by atoms with van der Waals surface area (Å²) in [7, 11) is 0. The third kappa shape index (κ3) is 3.79. The maximum Gasteiger partial charge on any atom is 0.354 e. The van der Waals surface area contributed by atoms with Crippen LogP contribution in [-0.2, 0) is 0 Å². The van der Waals surface area contributed by atoms with Crippen molar-refractivity contribution in [1.29, 1.82) is 0 Å². The molecule has 0 fully saturated rings. The van der Waals surface area contributed by atoms with Crippen molar-refractivity contribution in [2.24, 2.45) is 0 Å². The number of benzene rings is 1. The maximum absolute atomic E-state index is 11.9. The number of anilines is 2. The fraction of sp³-hybridized carbons (Fsp3) is 0.133. The lowest BCUT2D eigenvalue weighted by atomic mass is 10.1. The van der Waals surface area contributed by atoms with Crippen LogP contribution in [0.25, 0.3) is 0 Å². The van der Waals surface area contributed by atoms with Crippen molar-refractivity contribution in [2.45, 2.75) is 13.8 Å². The Kier molecular flexibility index (Phi) is 4.18. The monoisotopic (exact) mass is 285 g/mol. The summed E-state index contributed by atoms with van der Waals surface area (Å²) in [6, 6.07) is 8.17. The van der Waals surface area contributed by atoms with Gasteiger partial charge in [-0.1, -0.05) is 12.1 Å². The van der Waals surface area contributed by atoms with Gasteiger partial charge in [0.1, 0.15) is 5.69 Å². The summed E-state index contributed by atoms with van der Waals surface area (Å²) in [6.07, 6.45) is 1.30. The normalized spacial score (nSPS) is 10.0. The molecule has 0 saturated carbocycles. The van der Waals surface area contributed by atoms with E-state index in [1.807, 2.05) is 32.0 Å². The first kappa shape index (κ1) is 14.5. The Balaban J connectivity index is 2.04. The first-order valence-electron chi connectivity index (χ1n) is 6.30. The van der Waals surface area contributed by atoms with Crippen molar-refractivity contribution in [3.63, 3.8) is 0 Å². The molecular weight excluding hydrogens is 270 g/mol. The van der Waals surface area contributed by atoms with Gasteiger partial charge in [-0.15, -0.1) is 0 Å². The van der Waals surface area contributed by atoms with Crippen molar-refractivity contribution in [3.8, 4) is 0 Å². The van der Waals surface area contributed by atoms with Crippen molar-refractivity contribution >= 4 is 23.4 Å². The third-order valence-corrected chi connectivity index (χ3v) is 2.88. The van der Waals surface area contributed by atoms with Gasteiger partial charge in [-0.25, -0.2) is 14.6 Å².